The number of hydrogen-bond donors (Lipinski definition) is 2. The van der Waals surface area contributed by atoms with Crippen LogP contribution in [0, 0.1) is 18.8 Å². The SMILES string of the molecule is CCN(CC(=O)NC)C(=O)c1ccc(C#CCN)c(C)c1. The molecule has 5 nitrogen and oxygen atoms in total. The Bertz CT molecular complexity index is 585. The second-order valence-corrected chi connectivity index (χ2v) is 4.53. The molecule has 1 aromatic carbocycles. The molecule has 112 valence electrons. The summed E-state index contributed by atoms with van der Waals surface area (Å²) in [5.74, 6) is 5.40. The Hall–Kier alpha value is -2.32. The molecular weight excluding hydrogens is 266 g/mol. The molecule has 0 atom stereocenters. The van der Waals surface area contributed by atoms with Crippen LogP contribution < -0.4 is 11.1 Å². The zero-order valence-electron chi connectivity index (χ0n) is 12.7. The molecule has 0 unspecified atom stereocenters. The van der Waals surface area contributed by atoms with Crippen LogP contribution in [0.1, 0.15) is 28.4 Å². The normalized spacial score (nSPS) is 9.52. The van der Waals surface area contributed by atoms with Crippen molar-refractivity contribution in [3.63, 3.8) is 0 Å². The summed E-state index contributed by atoms with van der Waals surface area (Å²) in [6.45, 7) is 4.57. The van der Waals surface area contributed by atoms with Crippen molar-refractivity contribution in [3.8, 4) is 11.8 Å². The number of nitrogens with zero attached hydrogens (tertiary/aromatic N) is 1. The third kappa shape index (κ3) is 4.62. The highest BCUT2D eigenvalue weighted by Crippen LogP contribution is 2.12. The largest absolute Gasteiger partial charge is 0.358 e. The van der Waals surface area contributed by atoms with Gasteiger partial charge in [-0.1, -0.05) is 11.8 Å². The molecule has 0 fully saturated rings. The van der Waals surface area contributed by atoms with Gasteiger partial charge in [-0.15, -0.1) is 0 Å². The van der Waals surface area contributed by atoms with E-state index in [-0.39, 0.29) is 18.4 Å². The van der Waals surface area contributed by atoms with Crippen molar-refractivity contribution in [2.45, 2.75) is 13.8 Å². The highest BCUT2D eigenvalue weighted by atomic mass is 16.2. The Morgan fingerprint density at radius 1 is 1.38 bits per heavy atom. The molecule has 0 saturated carbocycles. The Balaban J connectivity index is 2.96. The molecule has 0 bridgehead atoms. The summed E-state index contributed by atoms with van der Waals surface area (Å²) in [7, 11) is 1.55. The van der Waals surface area contributed by atoms with E-state index in [1.165, 1.54) is 4.90 Å². The first kappa shape index (κ1) is 16.7. The van der Waals surface area contributed by atoms with E-state index >= 15 is 0 Å². The summed E-state index contributed by atoms with van der Waals surface area (Å²) in [6, 6.07) is 5.32. The molecule has 0 spiro atoms. The lowest BCUT2D eigenvalue weighted by molar-refractivity contribution is -0.121. The standard InChI is InChI=1S/C16H21N3O2/c1-4-19(11-15(20)18-3)16(21)14-8-7-13(6-5-9-17)12(2)10-14/h7-8,10H,4,9,11,17H2,1-3H3,(H,18,20). The smallest absolute Gasteiger partial charge is 0.254 e. The first-order chi connectivity index (χ1) is 10.0. The van der Waals surface area contributed by atoms with E-state index in [0.29, 0.717) is 18.7 Å². The van der Waals surface area contributed by atoms with Gasteiger partial charge in [0, 0.05) is 24.7 Å². The maximum atomic E-state index is 12.4. The van der Waals surface area contributed by atoms with Crippen LogP contribution in [0.25, 0.3) is 0 Å². The zero-order chi connectivity index (χ0) is 15.8. The van der Waals surface area contributed by atoms with Crippen LogP contribution >= 0.6 is 0 Å². The summed E-state index contributed by atoms with van der Waals surface area (Å²) < 4.78 is 0. The van der Waals surface area contributed by atoms with Crippen LogP contribution in [-0.2, 0) is 4.79 Å². The van der Waals surface area contributed by atoms with E-state index in [4.69, 9.17) is 5.73 Å². The topological polar surface area (TPSA) is 75.4 Å². The van der Waals surface area contributed by atoms with E-state index in [0.717, 1.165) is 11.1 Å². The van der Waals surface area contributed by atoms with Crippen LogP contribution in [0.2, 0.25) is 0 Å². The Labute approximate surface area is 125 Å². The lowest BCUT2D eigenvalue weighted by Crippen LogP contribution is -2.39. The lowest BCUT2D eigenvalue weighted by Gasteiger charge is -2.20. The van der Waals surface area contributed by atoms with Gasteiger partial charge in [-0.25, -0.2) is 0 Å². The molecule has 0 aliphatic rings. The van der Waals surface area contributed by atoms with Crippen molar-refractivity contribution in [2.24, 2.45) is 5.73 Å². The average molecular weight is 287 g/mol. The fourth-order valence-corrected chi connectivity index (χ4v) is 1.85. The summed E-state index contributed by atoms with van der Waals surface area (Å²) in [6.07, 6.45) is 0. The minimum absolute atomic E-state index is 0.0552. The number of aryl methyl sites for hydroxylation is 1. The van der Waals surface area contributed by atoms with Gasteiger partial charge < -0.3 is 16.0 Å². The predicted octanol–water partition coefficient (Wildman–Crippen LogP) is 0.513. The number of nitrogens with two attached hydrogens (primary N) is 1. The second kappa shape index (κ2) is 8.08. The summed E-state index contributed by atoms with van der Waals surface area (Å²) >= 11 is 0. The average Bonchev–Trinajstić information content (AvgIpc) is 2.50. The molecule has 0 aromatic heterocycles. The van der Waals surface area contributed by atoms with Gasteiger partial charge in [0.05, 0.1) is 13.1 Å². The van der Waals surface area contributed by atoms with E-state index in [2.05, 4.69) is 17.2 Å². The summed E-state index contributed by atoms with van der Waals surface area (Å²) in [4.78, 5) is 25.3. The Kier molecular flexibility index (Phi) is 6.44. The maximum Gasteiger partial charge on any atom is 0.254 e. The predicted molar refractivity (Wildman–Crippen MR) is 82.8 cm³/mol. The van der Waals surface area contributed by atoms with Gasteiger partial charge in [0.25, 0.3) is 5.91 Å². The van der Waals surface area contributed by atoms with E-state index < -0.39 is 0 Å². The van der Waals surface area contributed by atoms with Crippen molar-refractivity contribution in [1.82, 2.24) is 10.2 Å². The molecule has 2 amide bonds. The molecule has 21 heavy (non-hydrogen) atoms. The van der Waals surface area contributed by atoms with Crippen molar-refractivity contribution >= 4 is 11.8 Å². The minimum atomic E-state index is -0.188. The van der Waals surface area contributed by atoms with Crippen LogP contribution in [0.5, 0.6) is 0 Å². The number of hydrogen-bond acceptors (Lipinski definition) is 3. The third-order valence-electron chi connectivity index (χ3n) is 3.08. The molecular formula is C16H21N3O2. The van der Waals surface area contributed by atoms with Crippen LogP contribution in [0.3, 0.4) is 0 Å². The van der Waals surface area contributed by atoms with E-state index in [1.54, 1.807) is 25.2 Å². The van der Waals surface area contributed by atoms with Gasteiger partial charge >= 0.3 is 0 Å². The fourth-order valence-electron chi connectivity index (χ4n) is 1.85. The number of benzene rings is 1. The number of nitrogens with one attached hydrogen (secondary N) is 1. The van der Waals surface area contributed by atoms with Crippen molar-refractivity contribution in [2.75, 3.05) is 26.7 Å². The van der Waals surface area contributed by atoms with Gasteiger partial charge in [-0.2, -0.15) is 0 Å². The number of carbonyl (C=O) groups excluding carboxylic acids is 2. The molecule has 1 rings (SSSR count). The quantitative estimate of drug-likeness (QED) is 0.792. The third-order valence-corrected chi connectivity index (χ3v) is 3.08. The fraction of sp³-hybridized carbons (Fsp3) is 0.375. The molecule has 3 N–H and O–H groups in total. The number of rotatable bonds is 4. The van der Waals surface area contributed by atoms with Crippen molar-refractivity contribution in [1.29, 1.82) is 0 Å². The minimum Gasteiger partial charge on any atom is -0.358 e. The van der Waals surface area contributed by atoms with Gasteiger partial charge in [0.15, 0.2) is 0 Å². The highest BCUT2D eigenvalue weighted by molar-refractivity contribution is 5.96. The van der Waals surface area contributed by atoms with Crippen LogP contribution in [-0.4, -0.2) is 43.4 Å². The first-order valence-corrected chi connectivity index (χ1v) is 6.82. The zero-order valence-corrected chi connectivity index (χ0v) is 12.7. The summed E-state index contributed by atoms with van der Waals surface area (Å²) in [5, 5.41) is 2.52. The molecule has 0 aliphatic carbocycles. The number of likely N-dealkylation sites (N-methyl/N-ethyl adjacent to an activating group) is 2. The molecule has 5 heteroatoms. The molecule has 0 aliphatic heterocycles. The molecule has 0 saturated heterocycles. The monoisotopic (exact) mass is 287 g/mol. The van der Waals surface area contributed by atoms with Gasteiger partial charge in [-0.3, -0.25) is 9.59 Å². The van der Waals surface area contributed by atoms with Gasteiger partial charge in [0.2, 0.25) is 5.91 Å². The summed E-state index contributed by atoms with van der Waals surface area (Å²) in [5.41, 5.74) is 7.67. The lowest BCUT2D eigenvalue weighted by atomic mass is 10.0. The van der Waals surface area contributed by atoms with Crippen LogP contribution in [0.15, 0.2) is 18.2 Å². The van der Waals surface area contributed by atoms with Crippen molar-refractivity contribution in [3.05, 3.63) is 34.9 Å². The maximum absolute atomic E-state index is 12.4. The van der Waals surface area contributed by atoms with Gasteiger partial charge in [-0.05, 0) is 37.6 Å². The first-order valence-electron chi connectivity index (χ1n) is 6.82. The van der Waals surface area contributed by atoms with E-state index in [1.807, 2.05) is 13.8 Å². The second-order valence-electron chi connectivity index (χ2n) is 4.53. The molecule has 0 heterocycles. The Morgan fingerprint density at radius 3 is 2.62 bits per heavy atom. The van der Waals surface area contributed by atoms with Crippen molar-refractivity contribution < 1.29 is 9.59 Å². The molecule has 1 aromatic rings. The van der Waals surface area contributed by atoms with E-state index in [9.17, 15) is 9.59 Å². The number of carbonyl (C=O) groups is 2. The highest BCUT2D eigenvalue weighted by Gasteiger charge is 2.17. The number of amides is 2. The van der Waals surface area contributed by atoms with Crippen LogP contribution in [0.4, 0.5) is 0 Å². The Morgan fingerprint density at radius 2 is 2.10 bits per heavy atom. The molecule has 0 radical (unpaired) electrons. The van der Waals surface area contributed by atoms with Gasteiger partial charge in [0.1, 0.15) is 0 Å².